The SMILES string of the molecule is O=C(O)C1COCCN1c1cc(=O)[nH]cn1. The fourth-order valence-electron chi connectivity index (χ4n) is 1.60. The van der Waals surface area contributed by atoms with Gasteiger partial charge in [0.1, 0.15) is 5.82 Å². The molecule has 0 aromatic carbocycles. The van der Waals surface area contributed by atoms with Crippen LogP contribution in [0.4, 0.5) is 5.82 Å². The molecule has 2 rings (SSSR count). The van der Waals surface area contributed by atoms with Crippen LogP contribution in [0.1, 0.15) is 0 Å². The highest BCUT2D eigenvalue weighted by molar-refractivity contribution is 5.78. The molecule has 0 radical (unpaired) electrons. The van der Waals surface area contributed by atoms with Gasteiger partial charge in [-0.05, 0) is 0 Å². The summed E-state index contributed by atoms with van der Waals surface area (Å²) in [6.45, 7) is 0.940. The van der Waals surface area contributed by atoms with Gasteiger partial charge in [0.2, 0.25) is 0 Å². The molecule has 86 valence electrons. The molecule has 1 saturated heterocycles. The van der Waals surface area contributed by atoms with Crippen molar-refractivity contribution in [2.24, 2.45) is 0 Å². The maximum atomic E-state index is 11.1. The van der Waals surface area contributed by atoms with Crippen LogP contribution in [0.5, 0.6) is 0 Å². The van der Waals surface area contributed by atoms with Gasteiger partial charge < -0.3 is 19.7 Å². The van der Waals surface area contributed by atoms with Gasteiger partial charge in [-0.15, -0.1) is 0 Å². The second-order valence-corrected chi connectivity index (χ2v) is 3.39. The predicted octanol–water partition coefficient (Wildman–Crippen LogP) is -0.940. The minimum absolute atomic E-state index is 0.101. The number of morpholine rings is 1. The summed E-state index contributed by atoms with van der Waals surface area (Å²) in [5, 5.41) is 9.00. The second kappa shape index (κ2) is 4.31. The van der Waals surface area contributed by atoms with E-state index in [0.717, 1.165) is 0 Å². The highest BCUT2D eigenvalue weighted by Crippen LogP contribution is 2.14. The Labute approximate surface area is 90.7 Å². The Morgan fingerprint density at radius 2 is 2.50 bits per heavy atom. The highest BCUT2D eigenvalue weighted by Gasteiger charge is 2.30. The van der Waals surface area contributed by atoms with Crippen LogP contribution in [0, 0.1) is 0 Å². The number of carbonyl (C=O) groups is 1. The molecule has 1 aromatic rings. The van der Waals surface area contributed by atoms with Gasteiger partial charge in [-0.25, -0.2) is 9.78 Å². The standard InChI is InChI=1S/C9H11N3O4/c13-8-3-7(10-5-11-8)12-1-2-16-4-6(12)9(14)15/h3,5-6H,1-2,4H2,(H,14,15)(H,10,11,13). The normalized spacial score (nSPS) is 20.8. The van der Waals surface area contributed by atoms with E-state index >= 15 is 0 Å². The van der Waals surface area contributed by atoms with E-state index < -0.39 is 12.0 Å². The number of aromatic amines is 1. The van der Waals surface area contributed by atoms with E-state index in [1.165, 1.54) is 12.4 Å². The van der Waals surface area contributed by atoms with E-state index in [4.69, 9.17) is 9.84 Å². The number of hydrogen-bond donors (Lipinski definition) is 2. The molecule has 7 nitrogen and oxygen atoms in total. The number of ether oxygens (including phenoxy) is 1. The molecule has 1 unspecified atom stereocenters. The van der Waals surface area contributed by atoms with Gasteiger partial charge in [0, 0.05) is 12.6 Å². The van der Waals surface area contributed by atoms with Gasteiger partial charge in [0.15, 0.2) is 6.04 Å². The molecule has 0 bridgehead atoms. The zero-order valence-corrected chi connectivity index (χ0v) is 8.42. The molecule has 1 fully saturated rings. The zero-order chi connectivity index (χ0) is 11.5. The Balaban J connectivity index is 2.30. The summed E-state index contributed by atoms with van der Waals surface area (Å²) in [4.78, 5) is 30.0. The van der Waals surface area contributed by atoms with Crippen LogP contribution in [-0.2, 0) is 9.53 Å². The third-order valence-corrected chi connectivity index (χ3v) is 2.37. The van der Waals surface area contributed by atoms with Crippen molar-refractivity contribution in [2.45, 2.75) is 6.04 Å². The van der Waals surface area contributed by atoms with E-state index in [1.54, 1.807) is 4.90 Å². The Kier molecular flexibility index (Phi) is 2.86. The third kappa shape index (κ3) is 2.03. The van der Waals surface area contributed by atoms with Gasteiger partial charge in [0.05, 0.1) is 19.5 Å². The lowest BCUT2D eigenvalue weighted by Crippen LogP contribution is -2.50. The van der Waals surface area contributed by atoms with Crippen LogP contribution in [0.15, 0.2) is 17.2 Å². The van der Waals surface area contributed by atoms with Crippen LogP contribution >= 0.6 is 0 Å². The predicted molar refractivity (Wildman–Crippen MR) is 54.4 cm³/mol. The maximum Gasteiger partial charge on any atom is 0.328 e. The summed E-state index contributed by atoms with van der Waals surface area (Å²) in [5.74, 6) is -0.624. The fourth-order valence-corrected chi connectivity index (χ4v) is 1.60. The number of nitrogens with one attached hydrogen (secondary N) is 1. The molecule has 1 aliphatic heterocycles. The van der Waals surface area contributed by atoms with Crippen molar-refractivity contribution in [1.82, 2.24) is 9.97 Å². The summed E-state index contributed by atoms with van der Waals surface area (Å²) < 4.78 is 5.09. The molecule has 1 aliphatic rings. The van der Waals surface area contributed by atoms with Crippen molar-refractivity contribution in [1.29, 1.82) is 0 Å². The molecule has 0 saturated carbocycles. The average molecular weight is 225 g/mol. The smallest absolute Gasteiger partial charge is 0.328 e. The quantitative estimate of drug-likeness (QED) is 0.674. The Hall–Kier alpha value is -1.89. The number of hydrogen-bond acceptors (Lipinski definition) is 5. The van der Waals surface area contributed by atoms with Crippen molar-refractivity contribution in [3.63, 3.8) is 0 Å². The number of carboxylic acid groups (broad SMARTS) is 1. The molecular formula is C9H11N3O4. The van der Waals surface area contributed by atoms with E-state index in [-0.39, 0.29) is 12.2 Å². The van der Waals surface area contributed by atoms with Crippen molar-refractivity contribution in [2.75, 3.05) is 24.7 Å². The number of anilines is 1. The Morgan fingerprint density at radius 3 is 3.19 bits per heavy atom. The van der Waals surface area contributed by atoms with Gasteiger partial charge in [0.25, 0.3) is 5.56 Å². The lowest BCUT2D eigenvalue weighted by atomic mass is 10.2. The molecule has 7 heteroatoms. The summed E-state index contributed by atoms with van der Waals surface area (Å²) in [7, 11) is 0. The van der Waals surface area contributed by atoms with Crippen molar-refractivity contribution >= 4 is 11.8 Å². The van der Waals surface area contributed by atoms with E-state index in [1.807, 2.05) is 0 Å². The maximum absolute atomic E-state index is 11.1. The van der Waals surface area contributed by atoms with Crippen LogP contribution in [-0.4, -0.2) is 46.8 Å². The van der Waals surface area contributed by atoms with Gasteiger partial charge in [-0.2, -0.15) is 0 Å². The lowest BCUT2D eigenvalue weighted by Gasteiger charge is -2.33. The first kappa shape index (κ1) is 10.6. The topological polar surface area (TPSA) is 95.5 Å². The minimum atomic E-state index is -0.984. The Morgan fingerprint density at radius 1 is 1.69 bits per heavy atom. The fraction of sp³-hybridized carbons (Fsp3) is 0.444. The molecule has 1 atom stereocenters. The molecule has 0 aliphatic carbocycles. The van der Waals surface area contributed by atoms with Gasteiger partial charge >= 0.3 is 5.97 Å². The van der Waals surface area contributed by atoms with Crippen molar-refractivity contribution in [3.05, 3.63) is 22.7 Å². The molecular weight excluding hydrogens is 214 g/mol. The van der Waals surface area contributed by atoms with Crippen molar-refractivity contribution in [3.8, 4) is 0 Å². The van der Waals surface area contributed by atoms with Crippen LogP contribution in [0.25, 0.3) is 0 Å². The summed E-state index contributed by atoms with van der Waals surface area (Å²) in [5.41, 5.74) is -0.305. The summed E-state index contributed by atoms with van der Waals surface area (Å²) in [6.07, 6.45) is 1.26. The van der Waals surface area contributed by atoms with Crippen LogP contribution in [0.3, 0.4) is 0 Å². The van der Waals surface area contributed by atoms with E-state index in [9.17, 15) is 9.59 Å². The average Bonchev–Trinajstić information content (AvgIpc) is 2.29. The molecule has 0 amide bonds. The highest BCUT2D eigenvalue weighted by atomic mass is 16.5. The Bertz CT molecular complexity index is 444. The van der Waals surface area contributed by atoms with Crippen molar-refractivity contribution < 1.29 is 14.6 Å². The monoisotopic (exact) mass is 225 g/mol. The number of nitrogens with zero attached hydrogens (tertiary/aromatic N) is 2. The lowest BCUT2D eigenvalue weighted by molar-refractivity contribution is -0.141. The van der Waals surface area contributed by atoms with Crippen LogP contribution in [0.2, 0.25) is 0 Å². The summed E-state index contributed by atoms with van der Waals surface area (Å²) >= 11 is 0. The first-order valence-corrected chi connectivity index (χ1v) is 4.80. The number of carboxylic acids is 1. The first-order chi connectivity index (χ1) is 7.68. The number of H-pyrrole nitrogens is 1. The van der Waals surface area contributed by atoms with Gasteiger partial charge in [-0.3, -0.25) is 4.79 Å². The van der Waals surface area contributed by atoms with E-state index in [2.05, 4.69) is 9.97 Å². The molecule has 1 aromatic heterocycles. The molecule has 16 heavy (non-hydrogen) atoms. The number of aliphatic carboxylic acids is 1. The molecule has 0 spiro atoms. The zero-order valence-electron chi connectivity index (χ0n) is 8.42. The third-order valence-electron chi connectivity index (χ3n) is 2.37. The molecule has 2 heterocycles. The van der Waals surface area contributed by atoms with Gasteiger partial charge in [-0.1, -0.05) is 0 Å². The minimum Gasteiger partial charge on any atom is -0.480 e. The van der Waals surface area contributed by atoms with E-state index in [0.29, 0.717) is 19.0 Å². The van der Waals surface area contributed by atoms with Crippen LogP contribution < -0.4 is 10.5 Å². The summed E-state index contributed by atoms with van der Waals surface area (Å²) in [6, 6.07) is 0.490. The first-order valence-electron chi connectivity index (χ1n) is 4.80. The number of aromatic nitrogens is 2. The molecule has 2 N–H and O–H groups in total. The second-order valence-electron chi connectivity index (χ2n) is 3.39. The number of rotatable bonds is 2. The largest absolute Gasteiger partial charge is 0.480 e.